The van der Waals surface area contributed by atoms with E-state index in [1.807, 2.05) is 31.2 Å². The zero-order valence-corrected chi connectivity index (χ0v) is 12.2. The van der Waals surface area contributed by atoms with Crippen molar-refractivity contribution in [1.82, 2.24) is 5.32 Å². The summed E-state index contributed by atoms with van der Waals surface area (Å²) < 4.78 is 12.0. The van der Waals surface area contributed by atoms with Gasteiger partial charge in [-0.25, -0.2) is 0 Å². The van der Waals surface area contributed by atoms with Crippen LogP contribution in [0.2, 0.25) is 0 Å². The summed E-state index contributed by atoms with van der Waals surface area (Å²) in [4.78, 5) is 0.790. The summed E-state index contributed by atoms with van der Waals surface area (Å²) in [6.45, 7) is 7.57. The van der Waals surface area contributed by atoms with Crippen LogP contribution < -0.4 is 5.32 Å². The molecule has 0 radical (unpaired) electrons. The van der Waals surface area contributed by atoms with E-state index in [2.05, 4.69) is 19.2 Å². The minimum atomic E-state index is -1.13. The van der Waals surface area contributed by atoms with Crippen LogP contribution in [0.4, 0.5) is 0 Å². The maximum atomic E-state index is 12.0. The van der Waals surface area contributed by atoms with E-state index in [1.54, 1.807) is 0 Å². The van der Waals surface area contributed by atoms with Crippen molar-refractivity contribution in [3.63, 3.8) is 0 Å². The van der Waals surface area contributed by atoms with Crippen molar-refractivity contribution >= 4 is 10.8 Å². The molecule has 18 heavy (non-hydrogen) atoms. The Labute approximate surface area is 112 Å². The van der Waals surface area contributed by atoms with Crippen LogP contribution in [0.3, 0.4) is 0 Å². The molecule has 1 rings (SSSR count). The molecule has 0 saturated carbocycles. The number of aryl methyl sites for hydroxylation is 1. The fourth-order valence-corrected chi connectivity index (χ4v) is 2.83. The average Bonchev–Trinajstić information content (AvgIpc) is 2.28. The molecular weight excluding hydrogens is 246 g/mol. The quantitative estimate of drug-likeness (QED) is 0.792. The van der Waals surface area contributed by atoms with Crippen LogP contribution in [-0.2, 0) is 10.8 Å². The molecular formula is C14H23NO2S. The van der Waals surface area contributed by atoms with Crippen molar-refractivity contribution in [3.05, 3.63) is 29.8 Å². The molecule has 0 bridgehead atoms. The molecule has 0 saturated heterocycles. The van der Waals surface area contributed by atoms with Gasteiger partial charge in [0.15, 0.2) is 0 Å². The Balaban J connectivity index is 2.40. The predicted octanol–water partition coefficient (Wildman–Crippen LogP) is 1.71. The minimum absolute atomic E-state index is 0.286. The van der Waals surface area contributed by atoms with Crippen LogP contribution >= 0.6 is 0 Å². The monoisotopic (exact) mass is 269 g/mol. The van der Waals surface area contributed by atoms with E-state index in [1.165, 1.54) is 0 Å². The smallest absolute Gasteiger partial charge is 0.0783 e. The average molecular weight is 269 g/mol. The lowest BCUT2D eigenvalue weighted by Crippen LogP contribution is -2.33. The lowest BCUT2D eigenvalue weighted by Gasteiger charge is -2.13. The Morgan fingerprint density at radius 3 is 2.67 bits per heavy atom. The van der Waals surface area contributed by atoms with Gasteiger partial charge in [0.05, 0.1) is 22.7 Å². The normalized spacial score (nSPS) is 14.7. The van der Waals surface area contributed by atoms with Crippen LogP contribution in [0, 0.1) is 12.8 Å². The van der Waals surface area contributed by atoms with E-state index < -0.39 is 16.9 Å². The molecule has 0 heterocycles. The third-order valence-electron chi connectivity index (χ3n) is 2.53. The maximum Gasteiger partial charge on any atom is 0.0783 e. The Morgan fingerprint density at radius 2 is 2.06 bits per heavy atom. The van der Waals surface area contributed by atoms with E-state index in [9.17, 15) is 9.32 Å². The zero-order valence-electron chi connectivity index (χ0n) is 11.3. The second kappa shape index (κ2) is 7.67. The molecule has 2 unspecified atom stereocenters. The number of hydrogen-bond acceptors (Lipinski definition) is 3. The van der Waals surface area contributed by atoms with Crippen LogP contribution in [-0.4, -0.2) is 34.3 Å². The zero-order chi connectivity index (χ0) is 13.5. The molecule has 0 amide bonds. The summed E-state index contributed by atoms with van der Waals surface area (Å²) in [7, 11) is -1.13. The lowest BCUT2D eigenvalue weighted by molar-refractivity contribution is 0.193. The first-order valence-corrected chi connectivity index (χ1v) is 7.64. The summed E-state index contributed by atoms with van der Waals surface area (Å²) in [6.07, 6.45) is -0.565. The van der Waals surface area contributed by atoms with Crippen LogP contribution in [0.15, 0.2) is 29.2 Å². The molecule has 102 valence electrons. The number of aliphatic hydroxyl groups excluding tert-OH is 1. The number of hydrogen-bond donors (Lipinski definition) is 2. The highest BCUT2D eigenvalue weighted by Crippen LogP contribution is 2.10. The summed E-state index contributed by atoms with van der Waals surface area (Å²) >= 11 is 0. The molecule has 0 aliphatic rings. The molecule has 2 atom stereocenters. The second-order valence-corrected chi connectivity index (χ2v) is 6.53. The number of benzene rings is 1. The molecule has 4 heteroatoms. The molecule has 0 aliphatic carbocycles. The van der Waals surface area contributed by atoms with E-state index in [0.717, 1.165) is 17.0 Å². The Kier molecular flexibility index (Phi) is 6.54. The SMILES string of the molecule is Cc1cccc(S(=O)CC(O)CNCC(C)C)c1. The van der Waals surface area contributed by atoms with Crippen molar-refractivity contribution in [2.24, 2.45) is 5.92 Å². The van der Waals surface area contributed by atoms with Crippen molar-refractivity contribution in [1.29, 1.82) is 0 Å². The van der Waals surface area contributed by atoms with Gasteiger partial charge in [0.2, 0.25) is 0 Å². The Morgan fingerprint density at radius 1 is 1.33 bits per heavy atom. The molecule has 1 aromatic rings. The van der Waals surface area contributed by atoms with Crippen LogP contribution in [0.1, 0.15) is 19.4 Å². The minimum Gasteiger partial charge on any atom is -0.391 e. The molecule has 0 aromatic heterocycles. The maximum absolute atomic E-state index is 12.0. The number of rotatable bonds is 7. The highest BCUT2D eigenvalue weighted by atomic mass is 32.2. The van der Waals surface area contributed by atoms with E-state index in [0.29, 0.717) is 12.5 Å². The van der Waals surface area contributed by atoms with Crippen molar-refractivity contribution in [2.45, 2.75) is 31.8 Å². The summed E-state index contributed by atoms with van der Waals surface area (Å²) in [5.41, 5.74) is 1.09. The molecule has 3 nitrogen and oxygen atoms in total. The summed E-state index contributed by atoms with van der Waals surface area (Å²) in [5.74, 6) is 0.841. The van der Waals surface area contributed by atoms with Gasteiger partial charge in [-0.1, -0.05) is 26.0 Å². The first-order valence-electron chi connectivity index (χ1n) is 6.33. The first-order chi connectivity index (χ1) is 8.49. The Bertz CT molecular complexity index is 393. The first kappa shape index (κ1) is 15.3. The van der Waals surface area contributed by atoms with Crippen LogP contribution in [0.25, 0.3) is 0 Å². The second-order valence-electron chi connectivity index (χ2n) is 5.03. The third-order valence-corrected chi connectivity index (χ3v) is 4.00. The predicted molar refractivity (Wildman–Crippen MR) is 76.2 cm³/mol. The van der Waals surface area contributed by atoms with E-state index >= 15 is 0 Å². The summed E-state index contributed by atoms with van der Waals surface area (Å²) in [5, 5.41) is 13.0. The fourth-order valence-electron chi connectivity index (χ4n) is 1.63. The lowest BCUT2D eigenvalue weighted by atomic mass is 10.2. The molecule has 1 aromatic carbocycles. The van der Waals surface area contributed by atoms with E-state index in [-0.39, 0.29) is 5.75 Å². The van der Waals surface area contributed by atoms with E-state index in [4.69, 9.17) is 0 Å². The standard InChI is InChI=1S/C14H23NO2S/c1-11(2)8-15-9-13(16)10-18(17)14-6-4-5-12(3)7-14/h4-7,11,13,15-16H,8-10H2,1-3H3. The van der Waals surface area contributed by atoms with Gasteiger partial charge >= 0.3 is 0 Å². The fraction of sp³-hybridized carbons (Fsp3) is 0.571. The van der Waals surface area contributed by atoms with Gasteiger partial charge < -0.3 is 10.4 Å². The van der Waals surface area contributed by atoms with Crippen molar-refractivity contribution in [2.75, 3.05) is 18.8 Å². The van der Waals surface area contributed by atoms with Gasteiger partial charge in [-0.2, -0.15) is 0 Å². The van der Waals surface area contributed by atoms with Gasteiger partial charge in [0.1, 0.15) is 0 Å². The van der Waals surface area contributed by atoms with Gasteiger partial charge in [0, 0.05) is 11.4 Å². The van der Waals surface area contributed by atoms with Crippen molar-refractivity contribution in [3.8, 4) is 0 Å². The number of nitrogens with one attached hydrogen (secondary N) is 1. The third kappa shape index (κ3) is 5.76. The molecule has 2 N–H and O–H groups in total. The van der Waals surface area contributed by atoms with Crippen LogP contribution in [0.5, 0.6) is 0 Å². The number of aliphatic hydroxyl groups is 1. The topological polar surface area (TPSA) is 49.3 Å². The van der Waals surface area contributed by atoms with Gasteiger partial charge in [0.25, 0.3) is 0 Å². The van der Waals surface area contributed by atoms with Crippen molar-refractivity contribution < 1.29 is 9.32 Å². The van der Waals surface area contributed by atoms with Gasteiger partial charge in [-0.15, -0.1) is 0 Å². The molecule has 0 spiro atoms. The highest BCUT2D eigenvalue weighted by Gasteiger charge is 2.11. The largest absolute Gasteiger partial charge is 0.391 e. The molecule has 0 fully saturated rings. The van der Waals surface area contributed by atoms with Gasteiger partial charge in [-0.3, -0.25) is 4.21 Å². The van der Waals surface area contributed by atoms with Gasteiger partial charge in [-0.05, 0) is 37.1 Å². The summed E-state index contributed by atoms with van der Waals surface area (Å²) in [6, 6.07) is 7.62. The highest BCUT2D eigenvalue weighted by molar-refractivity contribution is 7.85. The molecule has 0 aliphatic heterocycles. The Hall–Kier alpha value is -0.710.